The molecular formula is C14H23N3O3S. The second-order valence-corrected chi connectivity index (χ2v) is 6.74. The Morgan fingerprint density at radius 3 is 2.57 bits per heavy atom. The van der Waals surface area contributed by atoms with Crippen molar-refractivity contribution in [1.29, 1.82) is 0 Å². The highest BCUT2D eigenvalue weighted by Gasteiger charge is 2.27. The standard InChI is InChI=1S/C14H23N3O3S/c1-6-15-12(20)9(2)17-10(14(3,4)5)7-16-13(17)21-8-11(18)19/h7,9H,6,8H2,1-5H3,(H,15,20)(H,18,19). The number of amides is 1. The Hall–Kier alpha value is -1.50. The third kappa shape index (κ3) is 4.49. The number of nitrogens with zero attached hydrogens (tertiary/aromatic N) is 2. The van der Waals surface area contributed by atoms with Crippen LogP contribution in [-0.2, 0) is 15.0 Å². The minimum Gasteiger partial charge on any atom is -0.481 e. The minimum absolute atomic E-state index is 0.0806. The van der Waals surface area contributed by atoms with E-state index in [1.54, 1.807) is 13.1 Å². The second-order valence-electron chi connectivity index (χ2n) is 5.80. The summed E-state index contributed by atoms with van der Waals surface area (Å²) < 4.78 is 1.83. The number of carboxylic acids is 1. The van der Waals surface area contributed by atoms with Crippen LogP contribution in [0.1, 0.15) is 46.4 Å². The highest BCUT2D eigenvalue weighted by Crippen LogP contribution is 2.30. The first-order valence-corrected chi connectivity index (χ1v) is 7.87. The number of aromatic nitrogens is 2. The quantitative estimate of drug-likeness (QED) is 0.785. The van der Waals surface area contributed by atoms with Crippen molar-refractivity contribution in [2.45, 2.75) is 51.2 Å². The summed E-state index contributed by atoms with van der Waals surface area (Å²) in [5, 5.41) is 12.2. The molecule has 1 rings (SSSR count). The Morgan fingerprint density at radius 1 is 1.48 bits per heavy atom. The van der Waals surface area contributed by atoms with Gasteiger partial charge in [0.2, 0.25) is 5.91 Å². The molecule has 1 amide bonds. The van der Waals surface area contributed by atoms with Gasteiger partial charge >= 0.3 is 5.97 Å². The van der Waals surface area contributed by atoms with Crippen molar-refractivity contribution >= 4 is 23.6 Å². The van der Waals surface area contributed by atoms with Crippen LogP contribution in [0.2, 0.25) is 0 Å². The lowest BCUT2D eigenvalue weighted by Gasteiger charge is -2.25. The van der Waals surface area contributed by atoms with Crippen LogP contribution >= 0.6 is 11.8 Å². The Labute approximate surface area is 129 Å². The number of hydrogen-bond donors (Lipinski definition) is 2. The molecule has 0 aliphatic heterocycles. The number of hydrogen-bond acceptors (Lipinski definition) is 4. The summed E-state index contributed by atoms with van der Waals surface area (Å²) in [7, 11) is 0. The van der Waals surface area contributed by atoms with Gasteiger partial charge in [-0.2, -0.15) is 0 Å². The van der Waals surface area contributed by atoms with E-state index in [1.807, 2.05) is 32.3 Å². The number of rotatable bonds is 6. The number of imidazole rings is 1. The average Bonchev–Trinajstić information content (AvgIpc) is 2.79. The Kier molecular flexibility index (Phi) is 5.83. The molecule has 1 aromatic heterocycles. The molecule has 0 aliphatic rings. The summed E-state index contributed by atoms with van der Waals surface area (Å²) in [4.78, 5) is 27.2. The number of carboxylic acid groups (broad SMARTS) is 1. The highest BCUT2D eigenvalue weighted by molar-refractivity contribution is 7.99. The van der Waals surface area contributed by atoms with Crippen LogP contribution in [0, 0.1) is 0 Å². The first kappa shape index (κ1) is 17.6. The Balaban J connectivity index is 3.19. The van der Waals surface area contributed by atoms with Gasteiger partial charge in [-0.1, -0.05) is 32.5 Å². The molecule has 1 heterocycles. The molecule has 2 N–H and O–H groups in total. The molecule has 21 heavy (non-hydrogen) atoms. The van der Waals surface area contributed by atoms with Gasteiger partial charge < -0.3 is 15.0 Å². The van der Waals surface area contributed by atoms with Crippen LogP contribution in [-0.4, -0.2) is 38.8 Å². The molecule has 6 nitrogen and oxygen atoms in total. The largest absolute Gasteiger partial charge is 0.481 e. The monoisotopic (exact) mass is 313 g/mol. The fraction of sp³-hybridized carbons (Fsp3) is 0.643. The summed E-state index contributed by atoms with van der Waals surface area (Å²) in [5.74, 6) is -1.08. The van der Waals surface area contributed by atoms with Crippen molar-refractivity contribution in [2.24, 2.45) is 0 Å². The first-order valence-electron chi connectivity index (χ1n) is 6.88. The van der Waals surface area contributed by atoms with Crippen LogP contribution in [0.5, 0.6) is 0 Å². The maximum Gasteiger partial charge on any atom is 0.313 e. The first-order chi connectivity index (χ1) is 9.68. The zero-order valence-corrected chi connectivity index (χ0v) is 14.0. The minimum atomic E-state index is -0.905. The number of thioether (sulfide) groups is 1. The third-order valence-corrected chi connectivity index (χ3v) is 3.93. The smallest absolute Gasteiger partial charge is 0.313 e. The van der Waals surface area contributed by atoms with Crippen LogP contribution in [0.4, 0.5) is 0 Å². The second kappa shape index (κ2) is 6.98. The molecule has 0 aliphatic carbocycles. The lowest BCUT2D eigenvalue weighted by Crippen LogP contribution is -2.33. The van der Waals surface area contributed by atoms with Crippen LogP contribution in [0.3, 0.4) is 0 Å². The van der Waals surface area contributed by atoms with E-state index in [0.717, 1.165) is 17.5 Å². The van der Waals surface area contributed by atoms with Gasteiger partial charge in [0.05, 0.1) is 5.75 Å². The van der Waals surface area contributed by atoms with E-state index in [0.29, 0.717) is 11.7 Å². The lowest BCUT2D eigenvalue weighted by molar-refractivity contribution is -0.133. The molecule has 0 radical (unpaired) electrons. The normalized spacial score (nSPS) is 13.0. The molecule has 0 saturated heterocycles. The van der Waals surface area contributed by atoms with Crippen molar-refractivity contribution in [1.82, 2.24) is 14.9 Å². The zero-order chi connectivity index (χ0) is 16.2. The fourth-order valence-electron chi connectivity index (χ4n) is 1.95. The summed E-state index contributed by atoms with van der Waals surface area (Å²) >= 11 is 1.13. The van der Waals surface area contributed by atoms with E-state index >= 15 is 0 Å². The van der Waals surface area contributed by atoms with Gasteiger partial charge in [0.15, 0.2) is 5.16 Å². The topological polar surface area (TPSA) is 84.2 Å². The highest BCUT2D eigenvalue weighted by atomic mass is 32.2. The van der Waals surface area contributed by atoms with Gasteiger partial charge in [0.1, 0.15) is 6.04 Å². The molecule has 0 spiro atoms. The van der Waals surface area contributed by atoms with E-state index < -0.39 is 12.0 Å². The van der Waals surface area contributed by atoms with Crippen molar-refractivity contribution in [3.8, 4) is 0 Å². The fourth-order valence-corrected chi connectivity index (χ4v) is 2.72. The number of carbonyl (C=O) groups excluding carboxylic acids is 1. The van der Waals surface area contributed by atoms with Gasteiger partial charge in [-0.3, -0.25) is 9.59 Å². The van der Waals surface area contributed by atoms with E-state index in [-0.39, 0.29) is 17.1 Å². The number of carbonyl (C=O) groups is 2. The summed E-state index contributed by atoms with van der Waals surface area (Å²) in [6.07, 6.45) is 1.72. The van der Waals surface area contributed by atoms with Crippen molar-refractivity contribution in [3.63, 3.8) is 0 Å². The van der Waals surface area contributed by atoms with Gasteiger partial charge in [-0.15, -0.1) is 0 Å². The molecule has 0 aromatic carbocycles. The Bertz CT molecular complexity index is 520. The number of aliphatic carboxylic acids is 1. The molecule has 1 unspecified atom stereocenters. The SMILES string of the molecule is CCNC(=O)C(C)n1c(C(C)(C)C)cnc1SCC(=O)O. The van der Waals surface area contributed by atoms with E-state index in [4.69, 9.17) is 5.11 Å². The van der Waals surface area contributed by atoms with E-state index in [2.05, 4.69) is 10.3 Å². The van der Waals surface area contributed by atoms with Gasteiger partial charge in [-0.05, 0) is 13.8 Å². The third-order valence-electron chi connectivity index (χ3n) is 2.97. The zero-order valence-electron chi connectivity index (χ0n) is 13.1. The van der Waals surface area contributed by atoms with Gasteiger partial charge in [-0.25, -0.2) is 4.98 Å². The van der Waals surface area contributed by atoms with Gasteiger partial charge in [0.25, 0.3) is 0 Å². The molecule has 118 valence electrons. The summed E-state index contributed by atoms with van der Waals surface area (Å²) in [6.45, 7) is 10.3. The van der Waals surface area contributed by atoms with Crippen molar-refractivity contribution in [2.75, 3.05) is 12.3 Å². The lowest BCUT2D eigenvalue weighted by atomic mass is 9.92. The van der Waals surface area contributed by atoms with Crippen LogP contribution in [0.15, 0.2) is 11.4 Å². The molecule has 7 heteroatoms. The van der Waals surface area contributed by atoms with Crippen LogP contribution in [0.25, 0.3) is 0 Å². The van der Waals surface area contributed by atoms with E-state index in [9.17, 15) is 9.59 Å². The van der Waals surface area contributed by atoms with Gasteiger partial charge in [0, 0.05) is 23.9 Å². The molecule has 0 saturated carbocycles. The van der Waals surface area contributed by atoms with Crippen molar-refractivity contribution < 1.29 is 14.7 Å². The predicted molar refractivity (Wildman–Crippen MR) is 82.7 cm³/mol. The molecule has 0 fully saturated rings. The maximum absolute atomic E-state index is 12.1. The molecule has 1 atom stereocenters. The molecule has 1 aromatic rings. The van der Waals surface area contributed by atoms with E-state index in [1.165, 1.54) is 0 Å². The molecular weight excluding hydrogens is 290 g/mol. The molecule has 0 bridgehead atoms. The van der Waals surface area contributed by atoms with Crippen LogP contribution < -0.4 is 5.32 Å². The maximum atomic E-state index is 12.1. The number of nitrogens with one attached hydrogen (secondary N) is 1. The summed E-state index contributed by atoms with van der Waals surface area (Å²) in [5.41, 5.74) is 0.727. The summed E-state index contributed by atoms with van der Waals surface area (Å²) in [6, 6.07) is -0.432. The predicted octanol–water partition coefficient (Wildman–Crippen LogP) is 2.05. The Morgan fingerprint density at radius 2 is 2.10 bits per heavy atom. The average molecular weight is 313 g/mol. The number of likely N-dealkylation sites (N-methyl/N-ethyl adjacent to an activating group) is 1. The van der Waals surface area contributed by atoms with Crippen molar-refractivity contribution in [3.05, 3.63) is 11.9 Å².